The van der Waals surface area contributed by atoms with Crippen molar-refractivity contribution in [2.45, 2.75) is 72.0 Å². The van der Waals surface area contributed by atoms with Crippen LogP contribution in [0.2, 0.25) is 0 Å². The molecule has 162 valence electrons. The summed E-state index contributed by atoms with van der Waals surface area (Å²) in [4.78, 5) is 22.0. The number of hydrogen-bond acceptors (Lipinski definition) is 4. The highest BCUT2D eigenvalue weighted by Gasteiger charge is 2.32. The third kappa shape index (κ3) is 4.33. The molecule has 0 bridgehead atoms. The lowest BCUT2D eigenvalue weighted by molar-refractivity contribution is -0.160. The molecule has 1 atom stereocenters. The van der Waals surface area contributed by atoms with E-state index >= 15 is 0 Å². The second kappa shape index (κ2) is 8.04. The number of benzene rings is 1. The maximum atomic E-state index is 12.4. The smallest absolute Gasteiger partial charge is 0.337 e. The summed E-state index contributed by atoms with van der Waals surface area (Å²) in [6, 6.07) is 10.4. The molecule has 0 fully saturated rings. The minimum absolute atomic E-state index is 0.608. The number of carbonyl (C=O) groups is 1. The molecule has 0 spiro atoms. The van der Waals surface area contributed by atoms with Crippen LogP contribution in [0.15, 0.2) is 30.3 Å². The van der Waals surface area contributed by atoms with Crippen molar-refractivity contribution in [3.05, 3.63) is 58.4 Å². The highest BCUT2D eigenvalue weighted by Crippen LogP contribution is 2.40. The van der Waals surface area contributed by atoms with Crippen molar-refractivity contribution in [2.24, 2.45) is 0 Å². The number of carboxylic acid groups (broad SMARTS) is 1. The van der Waals surface area contributed by atoms with Crippen LogP contribution >= 0.6 is 0 Å². The number of hydrogen-bond donors (Lipinski definition) is 1. The topological polar surface area (TPSA) is 72.3 Å². The van der Waals surface area contributed by atoms with Gasteiger partial charge >= 0.3 is 5.97 Å². The molecule has 1 aliphatic rings. The standard InChI is InChI=1S/C26H30N2O3/c1-15-10-12-17(13-11-15)22-19-14-18-8-6-7-9-20(18)28-24(19)27-16(2)21(22)23(25(29)30)31-26(3,4)5/h10-14,23H,6-9H2,1-5H3,(H,29,30). The second-order valence-corrected chi connectivity index (χ2v) is 9.47. The van der Waals surface area contributed by atoms with Crippen molar-refractivity contribution in [3.8, 4) is 11.1 Å². The summed E-state index contributed by atoms with van der Waals surface area (Å²) >= 11 is 0. The molecule has 5 heteroatoms. The first-order chi connectivity index (χ1) is 14.6. The first kappa shape index (κ1) is 21.4. The van der Waals surface area contributed by atoms with E-state index < -0.39 is 17.7 Å². The van der Waals surface area contributed by atoms with E-state index in [0.29, 0.717) is 16.9 Å². The highest BCUT2D eigenvalue weighted by atomic mass is 16.5. The van der Waals surface area contributed by atoms with Gasteiger partial charge in [0.25, 0.3) is 0 Å². The molecule has 1 aromatic carbocycles. The molecule has 0 radical (unpaired) electrons. The van der Waals surface area contributed by atoms with Crippen LogP contribution < -0.4 is 0 Å². The zero-order valence-corrected chi connectivity index (χ0v) is 19.0. The van der Waals surface area contributed by atoms with Gasteiger partial charge in [-0.15, -0.1) is 0 Å². The summed E-state index contributed by atoms with van der Waals surface area (Å²) in [5.41, 5.74) is 6.63. The molecule has 4 rings (SSSR count). The Labute approximate surface area is 183 Å². The van der Waals surface area contributed by atoms with Gasteiger partial charge in [-0.2, -0.15) is 0 Å². The van der Waals surface area contributed by atoms with Gasteiger partial charge in [-0.1, -0.05) is 29.8 Å². The first-order valence-electron chi connectivity index (χ1n) is 10.9. The summed E-state index contributed by atoms with van der Waals surface area (Å²) in [6.45, 7) is 9.51. The number of nitrogens with zero attached hydrogens (tertiary/aromatic N) is 2. The zero-order chi connectivity index (χ0) is 22.3. The Balaban J connectivity index is 2.06. The van der Waals surface area contributed by atoms with Gasteiger partial charge in [0.15, 0.2) is 11.8 Å². The van der Waals surface area contributed by atoms with Crippen molar-refractivity contribution in [2.75, 3.05) is 0 Å². The monoisotopic (exact) mass is 418 g/mol. The van der Waals surface area contributed by atoms with Crippen molar-refractivity contribution in [1.82, 2.24) is 9.97 Å². The second-order valence-electron chi connectivity index (χ2n) is 9.47. The molecule has 3 aromatic rings. The Bertz CT molecular complexity index is 1140. The van der Waals surface area contributed by atoms with Crippen molar-refractivity contribution in [3.63, 3.8) is 0 Å². The summed E-state index contributed by atoms with van der Waals surface area (Å²) in [6.07, 6.45) is 3.14. The largest absolute Gasteiger partial charge is 0.479 e. The predicted octanol–water partition coefficient (Wildman–Crippen LogP) is 5.73. The lowest BCUT2D eigenvalue weighted by atomic mass is 9.89. The van der Waals surface area contributed by atoms with Crippen LogP contribution in [0.3, 0.4) is 0 Å². The third-order valence-electron chi connectivity index (χ3n) is 5.78. The molecule has 1 unspecified atom stereocenters. The van der Waals surface area contributed by atoms with Gasteiger partial charge in [-0.25, -0.2) is 14.8 Å². The number of aryl methyl sites for hydroxylation is 4. The predicted molar refractivity (Wildman–Crippen MR) is 122 cm³/mol. The SMILES string of the molecule is Cc1ccc(-c2c(C(OC(C)(C)C)C(=O)O)c(C)nc3nc4c(cc23)CCCC4)cc1. The molecule has 0 amide bonds. The fourth-order valence-corrected chi connectivity index (χ4v) is 4.38. The normalized spacial score (nSPS) is 15.0. The molecule has 1 aliphatic carbocycles. The average molecular weight is 419 g/mol. The van der Waals surface area contributed by atoms with E-state index in [4.69, 9.17) is 14.7 Å². The van der Waals surface area contributed by atoms with Gasteiger partial charge in [0.05, 0.1) is 5.60 Å². The number of ether oxygens (including phenoxy) is 1. The van der Waals surface area contributed by atoms with Crippen LogP contribution in [0.1, 0.15) is 67.8 Å². The summed E-state index contributed by atoms with van der Waals surface area (Å²) < 4.78 is 6.05. The van der Waals surface area contributed by atoms with Crippen LogP contribution in [0, 0.1) is 13.8 Å². The molecule has 31 heavy (non-hydrogen) atoms. The maximum absolute atomic E-state index is 12.4. The van der Waals surface area contributed by atoms with Crippen molar-refractivity contribution >= 4 is 17.0 Å². The minimum atomic E-state index is -1.12. The summed E-state index contributed by atoms with van der Waals surface area (Å²) in [5.74, 6) is -1.02. The molecule has 5 nitrogen and oxygen atoms in total. The van der Waals surface area contributed by atoms with Crippen LogP contribution in [0.4, 0.5) is 0 Å². The number of fused-ring (bicyclic) bond motifs is 2. The fraction of sp³-hybridized carbons (Fsp3) is 0.423. The number of aromatic nitrogens is 2. The Hall–Kier alpha value is -2.79. The van der Waals surface area contributed by atoms with E-state index in [9.17, 15) is 9.90 Å². The molecule has 2 heterocycles. The van der Waals surface area contributed by atoms with Crippen LogP contribution in [0.25, 0.3) is 22.2 Å². The van der Waals surface area contributed by atoms with Gasteiger partial charge in [0.1, 0.15) is 0 Å². The number of carboxylic acids is 1. The highest BCUT2D eigenvalue weighted by molar-refractivity contribution is 5.97. The van der Waals surface area contributed by atoms with E-state index in [1.807, 2.05) is 58.9 Å². The Morgan fingerprint density at radius 1 is 1.06 bits per heavy atom. The van der Waals surface area contributed by atoms with E-state index in [1.54, 1.807) is 0 Å². The van der Waals surface area contributed by atoms with E-state index in [0.717, 1.165) is 53.5 Å². The van der Waals surface area contributed by atoms with Gasteiger partial charge in [0.2, 0.25) is 0 Å². The Morgan fingerprint density at radius 2 is 1.74 bits per heavy atom. The van der Waals surface area contributed by atoms with Gasteiger partial charge in [-0.3, -0.25) is 0 Å². The number of pyridine rings is 2. The van der Waals surface area contributed by atoms with E-state index in [-0.39, 0.29) is 0 Å². The van der Waals surface area contributed by atoms with E-state index in [2.05, 4.69) is 6.07 Å². The molecule has 0 saturated carbocycles. The molecule has 2 aromatic heterocycles. The van der Waals surface area contributed by atoms with Crippen molar-refractivity contribution < 1.29 is 14.6 Å². The minimum Gasteiger partial charge on any atom is -0.479 e. The molecule has 0 aliphatic heterocycles. The van der Waals surface area contributed by atoms with Gasteiger partial charge in [-0.05, 0) is 77.5 Å². The first-order valence-corrected chi connectivity index (χ1v) is 10.9. The number of aliphatic carboxylic acids is 1. The fourth-order valence-electron chi connectivity index (χ4n) is 4.38. The molecule has 0 saturated heterocycles. The van der Waals surface area contributed by atoms with Crippen LogP contribution in [0.5, 0.6) is 0 Å². The van der Waals surface area contributed by atoms with E-state index in [1.165, 1.54) is 5.56 Å². The Morgan fingerprint density at radius 3 is 2.39 bits per heavy atom. The van der Waals surface area contributed by atoms with Gasteiger partial charge in [0, 0.05) is 27.9 Å². The average Bonchev–Trinajstić information content (AvgIpc) is 2.70. The Kier molecular flexibility index (Phi) is 5.56. The van der Waals surface area contributed by atoms with Gasteiger partial charge < -0.3 is 9.84 Å². The number of rotatable bonds is 4. The lowest BCUT2D eigenvalue weighted by Gasteiger charge is -2.28. The lowest BCUT2D eigenvalue weighted by Crippen LogP contribution is -2.28. The van der Waals surface area contributed by atoms with Crippen LogP contribution in [-0.4, -0.2) is 26.6 Å². The van der Waals surface area contributed by atoms with Crippen molar-refractivity contribution in [1.29, 1.82) is 0 Å². The molecule has 1 N–H and O–H groups in total. The molecular formula is C26H30N2O3. The maximum Gasteiger partial charge on any atom is 0.337 e. The van der Waals surface area contributed by atoms with Crippen LogP contribution in [-0.2, 0) is 22.4 Å². The third-order valence-corrected chi connectivity index (χ3v) is 5.78. The zero-order valence-electron chi connectivity index (χ0n) is 19.0. The quantitative estimate of drug-likeness (QED) is 0.585. The summed E-state index contributed by atoms with van der Waals surface area (Å²) in [5, 5.41) is 11.0. The summed E-state index contributed by atoms with van der Waals surface area (Å²) in [7, 11) is 0. The molecular weight excluding hydrogens is 388 g/mol.